The van der Waals surface area contributed by atoms with Gasteiger partial charge in [-0.2, -0.15) is 18.3 Å². The van der Waals surface area contributed by atoms with Crippen LogP contribution in [0.2, 0.25) is 0 Å². The summed E-state index contributed by atoms with van der Waals surface area (Å²) >= 11 is 0. The Morgan fingerprint density at radius 2 is 1.76 bits per heavy atom. The largest absolute Gasteiger partial charge is 0.417 e. The van der Waals surface area contributed by atoms with Crippen molar-refractivity contribution in [3.63, 3.8) is 0 Å². The Labute approximate surface area is 190 Å². The summed E-state index contributed by atoms with van der Waals surface area (Å²) in [6, 6.07) is 3.25. The maximum atomic E-state index is 13.9. The van der Waals surface area contributed by atoms with Gasteiger partial charge in [-0.15, -0.1) is 0 Å². The zero-order chi connectivity index (χ0) is 24.0. The van der Waals surface area contributed by atoms with E-state index in [4.69, 9.17) is 4.74 Å². The first-order chi connectivity index (χ1) is 15.3. The second kappa shape index (κ2) is 8.70. The maximum Gasteiger partial charge on any atom is 0.417 e. The van der Waals surface area contributed by atoms with E-state index in [2.05, 4.69) is 5.10 Å². The highest BCUT2D eigenvalue weighted by atomic mass is 32.2. The third kappa shape index (κ3) is 5.27. The molecule has 1 aliphatic carbocycles. The second-order valence-corrected chi connectivity index (χ2v) is 13.2. The molecular formula is C21H25F3N2O5S2. The molecule has 1 aromatic carbocycles. The first-order valence-electron chi connectivity index (χ1n) is 10.7. The van der Waals surface area contributed by atoms with Crippen molar-refractivity contribution in [3.05, 3.63) is 36.2 Å². The lowest BCUT2D eigenvalue weighted by atomic mass is 10.1. The molecule has 2 fully saturated rings. The van der Waals surface area contributed by atoms with Crippen molar-refractivity contribution in [1.82, 2.24) is 9.78 Å². The first-order valence-corrected chi connectivity index (χ1v) is 14.0. The van der Waals surface area contributed by atoms with Gasteiger partial charge >= 0.3 is 6.18 Å². The van der Waals surface area contributed by atoms with E-state index >= 15 is 0 Å². The van der Waals surface area contributed by atoms with Gasteiger partial charge in [0.15, 0.2) is 19.7 Å². The van der Waals surface area contributed by atoms with Crippen LogP contribution in [0.4, 0.5) is 13.2 Å². The number of aromatic nitrogens is 2. The number of ether oxygens (including phenoxy) is 1. The van der Waals surface area contributed by atoms with E-state index in [9.17, 15) is 30.0 Å². The fraction of sp³-hybridized carbons (Fsp3) is 0.571. The number of alkyl halides is 3. The van der Waals surface area contributed by atoms with Crippen LogP contribution in [0.15, 0.2) is 35.5 Å². The third-order valence-electron chi connectivity index (χ3n) is 6.29. The molecule has 2 unspecified atom stereocenters. The Bertz CT molecular complexity index is 1220. The predicted octanol–water partition coefficient (Wildman–Crippen LogP) is 3.39. The molecule has 1 aliphatic heterocycles. The second-order valence-electron chi connectivity index (χ2n) is 8.70. The minimum atomic E-state index is -4.84. The van der Waals surface area contributed by atoms with Crippen LogP contribution in [0, 0.1) is 0 Å². The summed E-state index contributed by atoms with van der Waals surface area (Å²) in [7, 11) is -5.67. The highest BCUT2D eigenvalue weighted by Gasteiger charge is 2.43. The minimum Gasteiger partial charge on any atom is -0.375 e. The molecule has 0 amide bonds. The van der Waals surface area contributed by atoms with Crippen molar-refractivity contribution >= 4 is 19.7 Å². The molecule has 182 valence electrons. The number of hydrogen-bond donors (Lipinski definition) is 0. The van der Waals surface area contributed by atoms with Gasteiger partial charge in [-0.3, -0.25) is 4.68 Å². The third-order valence-corrected chi connectivity index (χ3v) is 10.3. The van der Waals surface area contributed by atoms with Crippen LogP contribution in [0.3, 0.4) is 0 Å². The molecule has 0 bridgehead atoms. The van der Waals surface area contributed by atoms with Crippen molar-refractivity contribution in [3.8, 4) is 11.1 Å². The number of benzene rings is 1. The highest BCUT2D eigenvalue weighted by Crippen LogP contribution is 2.41. The summed E-state index contributed by atoms with van der Waals surface area (Å²) in [6.45, 7) is 0. The molecule has 0 spiro atoms. The van der Waals surface area contributed by atoms with Gasteiger partial charge in [0.25, 0.3) is 0 Å². The molecule has 2 atom stereocenters. The van der Waals surface area contributed by atoms with E-state index in [0.29, 0.717) is 24.8 Å². The smallest absolute Gasteiger partial charge is 0.375 e. The molecule has 1 saturated carbocycles. The van der Waals surface area contributed by atoms with E-state index in [1.807, 2.05) is 0 Å². The maximum absolute atomic E-state index is 13.9. The summed E-state index contributed by atoms with van der Waals surface area (Å²) in [6.07, 6.45) is -1.17. The molecule has 0 N–H and O–H groups in total. The lowest BCUT2D eigenvalue weighted by Crippen LogP contribution is -2.31. The van der Waals surface area contributed by atoms with Crippen LogP contribution < -0.4 is 0 Å². The van der Waals surface area contributed by atoms with Gasteiger partial charge in [-0.1, -0.05) is 6.07 Å². The minimum absolute atomic E-state index is 0.0321. The molecule has 33 heavy (non-hydrogen) atoms. The van der Waals surface area contributed by atoms with Crippen LogP contribution in [0.1, 0.15) is 37.7 Å². The number of aryl methyl sites for hydroxylation is 1. The summed E-state index contributed by atoms with van der Waals surface area (Å²) < 4.78 is 98.5. The number of sulfone groups is 2. The fourth-order valence-corrected chi connectivity index (χ4v) is 7.97. The summed E-state index contributed by atoms with van der Waals surface area (Å²) in [5.41, 5.74) is -0.504. The molecule has 2 aliphatic rings. The van der Waals surface area contributed by atoms with Crippen molar-refractivity contribution in [2.75, 3.05) is 11.5 Å². The average molecular weight is 507 g/mol. The van der Waals surface area contributed by atoms with Gasteiger partial charge in [-0.25, -0.2) is 16.8 Å². The first kappa shape index (κ1) is 24.2. The monoisotopic (exact) mass is 506 g/mol. The highest BCUT2D eigenvalue weighted by molar-refractivity contribution is 7.92. The van der Waals surface area contributed by atoms with Gasteiger partial charge in [0.05, 0.1) is 45.6 Å². The predicted molar refractivity (Wildman–Crippen MR) is 115 cm³/mol. The lowest BCUT2D eigenvalue weighted by Gasteiger charge is -2.25. The summed E-state index contributed by atoms with van der Waals surface area (Å²) in [5.74, 6) is 0.0642. The molecule has 2 heterocycles. The summed E-state index contributed by atoms with van der Waals surface area (Å²) in [4.78, 5) is -0.725. The number of nitrogens with zero attached hydrogens (tertiary/aromatic N) is 2. The van der Waals surface area contributed by atoms with Gasteiger partial charge in [0, 0.05) is 18.8 Å². The Morgan fingerprint density at radius 1 is 1.06 bits per heavy atom. The normalized spacial score (nSPS) is 24.2. The SMILES string of the molecule is Cn1cc(-c2ccc(S(=O)(=O)C3CCC(OC4CCS(=O)(=O)CC4)C3)c(C(F)(F)F)c2)cn1. The van der Waals surface area contributed by atoms with Crippen molar-refractivity contribution < 1.29 is 34.7 Å². The Balaban J connectivity index is 1.54. The van der Waals surface area contributed by atoms with E-state index < -0.39 is 47.7 Å². The van der Waals surface area contributed by atoms with Crippen LogP contribution in [-0.2, 0) is 37.6 Å². The molecular weight excluding hydrogens is 481 g/mol. The van der Waals surface area contributed by atoms with E-state index in [-0.39, 0.29) is 36.0 Å². The van der Waals surface area contributed by atoms with Gasteiger partial charge in [0.1, 0.15) is 0 Å². The quantitative estimate of drug-likeness (QED) is 0.617. The van der Waals surface area contributed by atoms with Crippen molar-refractivity contribution in [2.45, 2.75) is 60.6 Å². The fourth-order valence-electron chi connectivity index (χ4n) is 4.51. The molecule has 0 radical (unpaired) electrons. The van der Waals surface area contributed by atoms with E-state index in [1.54, 1.807) is 13.2 Å². The number of rotatable bonds is 5. The van der Waals surface area contributed by atoms with Crippen LogP contribution in [0.5, 0.6) is 0 Å². The van der Waals surface area contributed by atoms with E-state index in [1.165, 1.54) is 16.9 Å². The zero-order valence-corrected chi connectivity index (χ0v) is 19.6. The van der Waals surface area contributed by atoms with Gasteiger partial charge in [-0.05, 0) is 49.8 Å². The van der Waals surface area contributed by atoms with Crippen molar-refractivity contribution in [1.29, 1.82) is 0 Å². The molecule has 1 aromatic heterocycles. The molecule has 1 saturated heterocycles. The van der Waals surface area contributed by atoms with E-state index in [0.717, 1.165) is 12.1 Å². The molecule has 4 rings (SSSR count). The molecule has 2 aromatic rings. The lowest BCUT2D eigenvalue weighted by molar-refractivity contribution is -0.139. The Kier molecular flexibility index (Phi) is 6.38. The van der Waals surface area contributed by atoms with Gasteiger partial charge in [0.2, 0.25) is 0 Å². The summed E-state index contributed by atoms with van der Waals surface area (Å²) in [5, 5.41) is 2.97. The Hall–Kier alpha value is -1.92. The van der Waals surface area contributed by atoms with Crippen LogP contribution in [0.25, 0.3) is 11.1 Å². The van der Waals surface area contributed by atoms with Crippen molar-refractivity contribution in [2.24, 2.45) is 7.05 Å². The number of hydrogen-bond acceptors (Lipinski definition) is 6. The molecule has 12 heteroatoms. The number of halogens is 3. The van der Waals surface area contributed by atoms with Crippen LogP contribution >= 0.6 is 0 Å². The topological polar surface area (TPSA) is 95.3 Å². The zero-order valence-electron chi connectivity index (χ0n) is 18.0. The standard InChI is InChI=1S/C21H25F3N2O5S2/c1-26-13-15(12-25-26)14-2-5-20(19(10-14)21(22,23)24)33(29,30)18-4-3-17(11-18)31-16-6-8-32(27,28)9-7-16/h2,5,10,12-13,16-18H,3-4,6-9,11H2,1H3. The average Bonchev–Trinajstić information content (AvgIpc) is 3.38. The van der Waals surface area contributed by atoms with Crippen LogP contribution in [-0.4, -0.2) is 55.6 Å². The molecule has 7 nitrogen and oxygen atoms in total. The Morgan fingerprint density at radius 3 is 2.36 bits per heavy atom. The van der Waals surface area contributed by atoms with Gasteiger partial charge < -0.3 is 4.74 Å².